The van der Waals surface area contributed by atoms with Crippen molar-refractivity contribution in [2.45, 2.75) is 0 Å². The Kier molecular flexibility index (Phi) is 3.65. The van der Waals surface area contributed by atoms with E-state index in [1.165, 1.54) is 6.08 Å². The molecule has 1 aromatic heterocycles. The van der Waals surface area contributed by atoms with Crippen LogP contribution in [0.1, 0.15) is 5.69 Å². The van der Waals surface area contributed by atoms with Crippen LogP contribution < -0.4 is 10.2 Å². The molecule has 1 saturated heterocycles. The van der Waals surface area contributed by atoms with E-state index in [-0.39, 0.29) is 5.57 Å². The maximum atomic E-state index is 12.8. The van der Waals surface area contributed by atoms with Gasteiger partial charge in [0.1, 0.15) is 5.57 Å². The molecule has 0 spiro atoms. The van der Waals surface area contributed by atoms with Crippen LogP contribution in [0, 0.1) is 0 Å². The fourth-order valence-corrected chi connectivity index (χ4v) is 3.07. The summed E-state index contributed by atoms with van der Waals surface area (Å²) in [5, 5.41) is 3.23. The summed E-state index contributed by atoms with van der Waals surface area (Å²) >= 11 is 0. The number of carbonyl (C=O) groups excluding carboxylic acids is 3. The fourth-order valence-electron chi connectivity index (χ4n) is 3.07. The van der Waals surface area contributed by atoms with Gasteiger partial charge in [0.25, 0.3) is 11.8 Å². The van der Waals surface area contributed by atoms with E-state index in [9.17, 15) is 14.4 Å². The van der Waals surface area contributed by atoms with E-state index in [0.717, 1.165) is 15.8 Å². The highest BCUT2D eigenvalue weighted by Crippen LogP contribution is 2.24. The van der Waals surface area contributed by atoms with E-state index in [0.29, 0.717) is 11.4 Å². The number of benzene rings is 2. The third kappa shape index (κ3) is 2.48. The molecule has 4 rings (SSSR count). The smallest absolute Gasteiger partial charge is 0.335 e. The van der Waals surface area contributed by atoms with Crippen molar-refractivity contribution in [2.24, 2.45) is 7.05 Å². The van der Waals surface area contributed by atoms with Crippen LogP contribution in [0.5, 0.6) is 0 Å². The van der Waals surface area contributed by atoms with Crippen molar-refractivity contribution in [1.29, 1.82) is 0 Å². The Bertz CT molecular complexity index is 1080. The summed E-state index contributed by atoms with van der Waals surface area (Å²) in [5.74, 6) is -1.34. The monoisotopic (exact) mass is 345 g/mol. The Morgan fingerprint density at radius 1 is 0.923 bits per heavy atom. The first kappa shape index (κ1) is 15.8. The van der Waals surface area contributed by atoms with Crippen molar-refractivity contribution in [3.05, 3.63) is 71.9 Å². The van der Waals surface area contributed by atoms with Crippen LogP contribution in [0.3, 0.4) is 0 Å². The van der Waals surface area contributed by atoms with E-state index in [4.69, 9.17) is 0 Å². The second-order valence-electron chi connectivity index (χ2n) is 5.98. The van der Waals surface area contributed by atoms with Gasteiger partial charge in [-0.2, -0.15) is 0 Å². The summed E-state index contributed by atoms with van der Waals surface area (Å²) in [5.41, 5.74) is 2.01. The number of barbiturate groups is 1. The molecule has 4 amide bonds. The van der Waals surface area contributed by atoms with Crippen LogP contribution in [0.25, 0.3) is 17.0 Å². The first-order valence-corrected chi connectivity index (χ1v) is 8.07. The standard InChI is InChI=1S/C20H15N3O3/c1-22-15(11-13-7-5-6-10-17(13)22)12-16-18(24)21-20(26)23(19(16)25)14-8-3-2-4-9-14/h2-12H,1H3,(H,21,24,26)/b16-12+. The third-order valence-corrected chi connectivity index (χ3v) is 4.40. The fraction of sp³-hybridized carbons (Fsp3) is 0.0500. The molecular formula is C20H15N3O3. The Hall–Kier alpha value is -3.67. The van der Waals surface area contributed by atoms with Crippen molar-refractivity contribution in [2.75, 3.05) is 4.90 Å². The SMILES string of the molecule is Cn1c(/C=C2\C(=O)NC(=O)N(c3ccccc3)C2=O)cc2ccccc21. The number of amides is 4. The van der Waals surface area contributed by atoms with Gasteiger partial charge in [-0.3, -0.25) is 14.9 Å². The molecule has 6 nitrogen and oxygen atoms in total. The number of rotatable bonds is 2. The first-order chi connectivity index (χ1) is 12.6. The Morgan fingerprint density at radius 2 is 1.62 bits per heavy atom. The molecule has 1 aliphatic rings. The summed E-state index contributed by atoms with van der Waals surface area (Å²) in [4.78, 5) is 38.2. The van der Waals surface area contributed by atoms with Gasteiger partial charge < -0.3 is 4.57 Å². The number of para-hydroxylation sites is 2. The minimum atomic E-state index is -0.750. The van der Waals surface area contributed by atoms with Crippen LogP contribution in [-0.4, -0.2) is 22.4 Å². The quantitative estimate of drug-likeness (QED) is 0.573. The van der Waals surface area contributed by atoms with Crippen molar-refractivity contribution < 1.29 is 14.4 Å². The predicted molar refractivity (Wildman–Crippen MR) is 98.4 cm³/mol. The number of urea groups is 1. The van der Waals surface area contributed by atoms with Crippen molar-refractivity contribution >= 4 is 40.5 Å². The van der Waals surface area contributed by atoms with Gasteiger partial charge in [-0.15, -0.1) is 0 Å². The lowest BCUT2D eigenvalue weighted by atomic mass is 10.1. The number of aryl methyl sites for hydroxylation is 1. The Labute approximate surface area is 149 Å². The molecule has 0 unspecified atom stereocenters. The average Bonchev–Trinajstić information content (AvgIpc) is 2.95. The van der Waals surface area contributed by atoms with Gasteiger partial charge >= 0.3 is 6.03 Å². The van der Waals surface area contributed by atoms with Crippen LogP contribution >= 0.6 is 0 Å². The lowest BCUT2D eigenvalue weighted by molar-refractivity contribution is -0.122. The Balaban J connectivity index is 1.80. The zero-order valence-electron chi connectivity index (χ0n) is 14.0. The highest BCUT2D eigenvalue weighted by molar-refractivity contribution is 6.39. The maximum Gasteiger partial charge on any atom is 0.335 e. The van der Waals surface area contributed by atoms with Gasteiger partial charge in [0.05, 0.1) is 5.69 Å². The van der Waals surface area contributed by atoms with E-state index in [1.807, 2.05) is 41.9 Å². The number of fused-ring (bicyclic) bond motifs is 1. The zero-order chi connectivity index (χ0) is 18.3. The number of imide groups is 2. The largest absolute Gasteiger partial charge is 0.344 e. The number of hydrogen-bond acceptors (Lipinski definition) is 3. The topological polar surface area (TPSA) is 71.4 Å². The molecule has 0 radical (unpaired) electrons. The van der Waals surface area contributed by atoms with E-state index in [1.54, 1.807) is 30.3 Å². The Morgan fingerprint density at radius 3 is 2.35 bits per heavy atom. The summed E-state index contributed by atoms with van der Waals surface area (Å²) in [6.45, 7) is 0. The number of carbonyl (C=O) groups is 3. The maximum absolute atomic E-state index is 12.8. The van der Waals surface area contributed by atoms with Gasteiger partial charge in [0.2, 0.25) is 0 Å². The highest BCUT2D eigenvalue weighted by Gasteiger charge is 2.36. The molecule has 2 heterocycles. The molecule has 6 heteroatoms. The molecule has 1 fully saturated rings. The predicted octanol–water partition coefficient (Wildman–Crippen LogP) is 2.84. The second kappa shape index (κ2) is 6.00. The lowest BCUT2D eigenvalue weighted by Gasteiger charge is -2.26. The van der Waals surface area contributed by atoms with Crippen molar-refractivity contribution in [3.8, 4) is 0 Å². The van der Waals surface area contributed by atoms with Crippen molar-refractivity contribution in [1.82, 2.24) is 9.88 Å². The lowest BCUT2D eigenvalue weighted by Crippen LogP contribution is -2.54. The molecular weight excluding hydrogens is 330 g/mol. The van der Waals surface area contributed by atoms with Gasteiger partial charge in [-0.05, 0) is 30.3 Å². The van der Waals surface area contributed by atoms with Crippen LogP contribution in [-0.2, 0) is 16.6 Å². The van der Waals surface area contributed by atoms with E-state index in [2.05, 4.69) is 5.32 Å². The molecule has 26 heavy (non-hydrogen) atoms. The summed E-state index contributed by atoms with van der Waals surface area (Å²) in [6, 6.07) is 17.4. The van der Waals surface area contributed by atoms with Gasteiger partial charge in [-0.25, -0.2) is 9.69 Å². The number of nitrogens with one attached hydrogen (secondary N) is 1. The average molecular weight is 345 g/mol. The van der Waals surface area contributed by atoms with Crippen molar-refractivity contribution in [3.63, 3.8) is 0 Å². The molecule has 2 aromatic carbocycles. The zero-order valence-corrected chi connectivity index (χ0v) is 14.0. The highest BCUT2D eigenvalue weighted by atomic mass is 16.2. The minimum Gasteiger partial charge on any atom is -0.344 e. The molecule has 1 aliphatic heterocycles. The third-order valence-electron chi connectivity index (χ3n) is 4.40. The molecule has 0 aliphatic carbocycles. The number of anilines is 1. The van der Waals surface area contributed by atoms with Gasteiger partial charge in [-0.1, -0.05) is 36.4 Å². The van der Waals surface area contributed by atoms with Crippen LogP contribution in [0.2, 0.25) is 0 Å². The second-order valence-corrected chi connectivity index (χ2v) is 5.98. The molecule has 3 aromatic rings. The first-order valence-electron chi connectivity index (χ1n) is 8.07. The normalized spacial score (nSPS) is 16.4. The van der Waals surface area contributed by atoms with Gasteiger partial charge in [0.15, 0.2) is 0 Å². The molecule has 128 valence electrons. The van der Waals surface area contributed by atoms with Gasteiger partial charge in [0, 0.05) is 23.6 Å². The molecule has 0 atom stereocenters. The summed E-state index contributed by atoms with van der Waals surface area (Å²) < 4.78 is 1.90. The minimum absolute atomic E-state index is 0.0839. The molecule has 0 bridgehead atoms. The van der Waals surface area contributed by atoms with E-state index >= 15 is 0 Å². The summed E-state index contributed by atoms with van der Waals surface area (Å²) in [7, 11) is 1.86. The number of nitrogens with zero attached hydrogens (tertiary/aromatic N) is 2. The number of hydrogen-bond donors (Lipinski definition) is 1. The molecule has 0 saturated carbocycles. The summed E-state index contributed by atoms with van der Waals surface area (Å²) in [6.07, 6.45) is 1.51. The molecule has 1 N–H and O–H groups in total. The number of aromatic nitrogens is 1. The van der Waals surface area contributed by atoms with Crippen LogP contribution in [0.15, 0.2) is 66.2 Å². The van der Waals surface area contributed by atoms with E-state index < -0.39 is 17.8 Å². The van der Waals surface area contributed by atoms with Crippen LogP contribution in [0.4, 0.5) is 10.5 Å².